The van der Waals surface area contributed by atoms with Crippen LogP contribution in [-0.2, 0) is 4.79 Å². The fourth-order valence-electron chi connectivity index (χ4n) is 3.85. The Bertz CT molecular complexity index is 647. The van der Waals surface area contributed by atoms with Crippen molar-refractivity contribution in [2.45, 2.75) is 44.2 Å². The molecule has 0 aromatic heterocycles. The highest BCUT2D eigenvalue weighted by atomic mass is 16.5. The first-order chi connectivity index (χ1) is 11.7. The molecule has 1 aliphatic heterocycles. The number of aliphatic hydroxyl groups excluding tert-OH is 1. The van der Waals surface area contributed by atoms with Crippen LogP contribution < -0.4 is 4.74 Å². The Kier molecular flexibility index (Phi) is 4.09. The summed E-state index contributed by atoms with van der Waals surface area (Å²) in [5.41, 5.74) is 2.40. The van der Waals surface area contributed by atoms with Crippen molar-refractivity contribution in [3.05, 3.63) is 41.5 Å². The Labute approximate surface area is 143 Å². The van der Waals surface area contributed by atoms with Crippen LogP contribution in [0.4, 0.5) is 0 Å². The number of ether oxygens (including phenoxy) is 1. The molecule has 2 aliphatic carbocycles. The molecule has 3 fully saturated rings. The van der Waals surface area contributed by atoms with E-state index in [2.05, 4.69) is 0 Å². The van der Waals surface area contributed by atoms with Gasteiger partial charge in [0.1, 0.15) is 5.75 Å². The molecule has 4 heteroatoms. The number of likely N-dealkylation sites (tertiary alicyclic amines) is 1. The quantitative estimate of drug-likeness (QED) is 0.846. The summed E-state index contributed by atoms with van der Waals surface area (Å²) in [6, 6.07) is 7.75. The van der Waals surface area contributed by atoms with Gasteiger partial charge < -0.3 is 14.7 Å². The molecule has 1 N–H and O–H groups in total. The summed E-state index contributed by atoms with van der Waals surface area (Å²) < 4.78 is 5.30. The van der Waals surface area contributed by atoms with Crippen molar-refractivity contribution >= 4 is 5.91 Å². The first kappa shape index (κ1) is 15.7. The molecule has 4 nitrogen and oxygen atoms in total. The van der Waals surface area contributed by atoms with Gasteiger partial charge >= 0.3 is 0 Å². The lowest BCUT2D eigenvalue weighted by atomic mass is 10.0. The van der Waals surface area contributed by atoms with E-state index in [0.29, 0.717) is 24.8 Å². The van der Waals surface area contributed by atoms with Crippen LogP contribution in [0.1, 0.15) is 43.7 Å². The lowest BCUT2D eigenvalue weighted by Gasteiger charge is -2.24. The van der Waals surface area contributed by atoms with E-state index in [0.717, 1.165) is 11.3 Å². The topological polar surface area (TPSA) is 49.8 Å². The van der Waals surface area contributed by atoms with Gasteiger partial charge in [0.2, 0.25) is 5.91 Å². The van der Waals surface area contributed by atoms with E-state index in [1.165, 1.54) is 31.3 Å². The molecule has 1 heterocycles. The number of amides is 1. The number of nitrogens with zero attached hydrogens (tertiary/aromatic N) is 1. The zero-order chi connectivity index (χ0) is 16.7. The van der Waals surface area contributed by atoms with E-state index >= 15 is 0 Å². The number of allylic oxidation sites excluding steroid dienone is 1. The van der Waals surface area contributed by atoms with Gasteiger partial charge in [-0.2, -0.15) is 0 Å². The van der Waals surface area contributed by atoms with E-state index < -0.39 is 6.10 Å². The number of hydrogen-bond acceptors (Lipinski definition) is 3. The molecule has 1 aromatic rings. The number of methoxy groups -OCH3 is 1. The summed E-state index contributed by atoms with van der Waals surface area (Å²) in [5.74, 6) is 2.13. The minimum atomic E-state index is -0.455. The Balaban J connectivity index is 1.57. The van der Waals surface area contributed by atoms with Gasteiger partial charge in [-0.05, 0) is 61.6 Å². The molecule has 0 bridgehead atoms. The summed E-state index contributed by atoms with van der Waals surface area (Å²) in [6.45, 7) is 0.416. The predicted molar refractivity (Wildman–Crippen MR) is 91.6 cm³/mol. The van der Waals surface area contributed by atoms with Crippen molar-refractivity contribution in [3.8, 4) is 5.75 Å². The van der Waals surface area contributed by atoms with Crippen molar-refractivity contribution < 1.29 is 14.6 Å². The first-order valence-electron chi connectivity index (χ1n) is 9.00. The minimum Gasteiger partial charge on any atom is -0.497 e. The number of rotatable bonds is 5. The summed E-state index contributed by atoms with van der Waals surface area (Å²) in [6.07, 6.45) is 6.96. The van der Waals surface area contributed by atoms with Crippen molar-refractivity contribution in [2.24, 2.45) is 11.8 Å². The van der Waals surface area contributed by atoms with Crippen molar-refractivity contribution in [2.75, 3.05) is 13.7 Å². The third-order valence-electron chi connectivity index (χ3n) is 5.43. The molecule has 1 saturated heterocycles. The fourth-order valence-corrected chi connectivity index (χ4v) is 3.85. The highest BCUT2D eigenvalue weighted by Crippen LogP contribution is 2.49. The van der Waals surface area contributed by atoms with Gasteiger partial charge in [-0.25, -0.2) is 0 Å². The van der Waals surface area contributed by atoms with Crippen LogP contribution in [0.5, 0.6) is 5.75 Å². The number of aliphatic hydroxyl groups is 1. The van der Waals surface area contributed by atoms with Gasteiger partial charge in [-0.3, -0.25) is 4.79 Å². The molecule has 0 unspecified atom stereocenters. The molecular formula is C20H25NO3. The first-order valence-corrected chi connectivity index (χ1v) is 9.00. The molecule has 2 atom stereocenters. The average molecular weight is 327 g/mol. The molecule has 24 heavy (non-hydrogen) atoms. The van der Waals surface area contributed by atoms with Crippen LogP contribution in [0.2, 0.25) is 0 Å². The largest absolute Gasteiger partial charge is 0.497 e. The van der Waals surface area contributed by atoms with Gasteiger partial charge in [0.05, 0.1) is 19.3 Å². The zero-order valence-corrected chi connectivity index (χ0v) is 14.1. The van der Waals surface area contributed by atoms with Crippen LogP contribution in [-0.4, -0.2) is 35.7 Å². The number of hydrogen-bond donors (Lipinski definition) is 1. The maximum absolute atomic E-state index is 12.9. The Morgan fingerprint density at radius 2 is 1.96 bits per heavy atom. The number of β-amino-alcohol motifs (C(OH)–C–C–N with tert-alkyl or cyclic N) is 1. The van der Waals surface area contributed by atoms with E-state index in [4.69, 9.17) is 4.74 Å². The maximum atomic E-state index is 12.9. The van der Waals surface area contributed by atoms with Gasteiger partial charge in [-0.1, -0.05) is 17.7 Å². The molecule has 3 aliphatic rings. The Morgan fingerprint density at radius 3 is 2.58 bits per heavy atom. The summed E-state index contributed by atoms with van der Waals surface area (Å²) in [7, 11) is 1.64. The summed E-state index contributed by atoms with van der Waals surface area (Å²) >= 11 is 0. The van der Waals surface area contributed by atoms with Gasteiger partial charge in [0.15, 0.2) is 0 Å². The van der Waals surface area contributed by atoms with E-state index in [-0.39, 0.29) is 11.9 Å². The molecular weight excluding hydrogens is 302 g/mol. The van der Waals surface area contributed by atoms with Gasteiger partial charge in [-0.15, -0.1) is 0 Å². The van der Waals surface area contributed by atoms with Crippen LogP contribution in [0.3, 0.4) is 0 Å². The second-order valence-corrected chi connectivity index (χ2v) is 7.37. The molecule has 4 rings (SSSR count). The predicted octanol–water partition coefficient (Wildman–Crippen LogP) is 3.08. The van der Waals surface area contributed by atoms with Gasteiger partial charge in [0.25, 0.3) is 0 Å². The Morgan fingerprint density at radius 1 is 1.25 bits per heavy atom. The SMILES string of the molecule is COc1cccc([C@@H]2C[C@H](O)CN2C(=O)C=C(C2CC2)C2CC2)c1. The second kappa shape index (κ2) is 6.25. The van der Waals surface area contributed by atoms with Crippen LogP contribution in [0.15, 0.2) is 35.9 Å². The van der Waals surface area contributed by atoms with Crippen molar-refractivity contribution in [1.29, 1.82) is 0 Å². The van der Waals surface area contributed by atoms with Crippen LogP contribution in [0, 0.1) is 11.8 Å². The molecule has 1 amide bonds. The molecule has 2 saturated carbocycles. The molecule has 0 radical (unpaired) electrons. The number of carbonyl (C=O) groups is 1. The number of benzene rings is 1. The second-order valence-electron chi connectivity index (χ2n) is 7.37. The molecule has 1 aromatic carbocycles. The third kappa shape index (κ3) is 3.20. The molecule has 128 valence electrons. The third-order valence-corrected chi connectivity index (χ3v) is 5.43. The summed E-state index contributed by atoms with van der Waals surface area (Å²) in [4.78, 5) is 14.7. The van der Waals surface area contributed by atoms with Crippen LogP contribution in [0.25, 0.3) is 0 Å². The number of carbonyl (C=O) groups excluding carboxylic acids is 1. The van der Waals surface area contributed by atoms with E-state index in [9.17, 15) is 9.90 Å². The zero-order valence-electron chi connectivity index (χ0n) is 14.1. The van der Waals surface area contributed by atoms with E-state index in [1.54, 1.807) is 7.11 Å². The smallest absolute Gasteiger partial charge is 0.247 e. The highest BCUT2D eigenvalue weighted by Gasteiger charge is 2.39. The minimum absolute atomic E-state index is 0.0631. The van der Waals surface area contributed by atoms with Crippen LogP contribution >= 0.6 is 0 Å². The normalized spacial score (nSPS) is 26.3. The Hall–Kier alpha value is -1.81. The fraction of sp³-hybridized carbons (Fsp3) is 0.550. The molecule has 0 spiro atoms. The maximum Gasteiger partial charge on any atom is 0.247 e. The highest BCUT2D eigenvalue weighted by molar-refractivity contribution is 5.89. The van der Waals surface area contributed by atoms with Crippen molar-refractivity contribution in [3.63, 3.8) is 0 Å². The van der Waals surface area contributed by atoms with Crippen molar-refractivity contribution in [1.82, 2.24) is 4.90 Å². The standard InChI is InChI=1S/C20H25NO3/c1-24-17-4-2-3-15(9-17)19-10-16(22)12-21(19)20(23)11-18(13-5-6-13)14-7-8-14/h2-4,9,11,13-14,16,19,22H,5-8,10,12H2,1H3/t16-,19-/m0/s1. The van der Waals surface area contributed by atoms with E-state index in [1.807, 2.05) is 35.2 Å². The monoisotopic (exact) mass is 327 g/mol. The lowest BCUT2D eigenvalue weighted by molar-refractivity contribution is -0.127. The average Bonchev–Trinajstić information content (AvgIpc) is 3.50. The van der Waals surface area contributed by atoms with Gasteiger partial charge in [0, 0.05) is 12.6 Å². The summed E-state index contributed by atoms with van der Waals surface area (Å²) in [5, 5.41) is 10.1. The lowest BCUT2D eigenvalue weighted by Crippen LogP contribution is -2.30.